The zero-order valence-corrected chi connectivity index (χ0v) is 10.8. The topological polar surface area (TPSA) is 38.1 Å². The van der Waals surface area contributed by atoms with Crippen LogP contribution in [-0.4, -0.2) is 11.0 Å². The molecule has 0 aliphatic heterocycles. The maximum absolute atomic E-state index is 5.56. The zero-order chi connectivity index (χ0) is 12.5. The summed E-state index contributed by atoms with van der Waals surface area (Å²) in [6, 6.07) is 9.32. The first kappa shape index (κ1) is 11.5. The van der Waals surface area contributed by atoms with Gasteiger partial charge in [-0.3, -0.25) is 0 Å². The Balaban J connectivity index is 1.66. The lowest BCUT2D eigenvalue weighted by atomic mass is 10.1. The largest absolute Gasteiger partial charge is 0.444 e. The van der Waals surface area contributed by atoms with Crippen LogP contribution in [0.3, 0.4) is 0 Å². The molecule has 18 heavy (non-hydrogen) atoms. The van der Waals surface area contributed by atoms with Crippen molar-refractivity contribution in [3.63, 3.8) is 0 Å². The maximum Gasteiger partial charge on any atom is 0.211 e. The molecule has 1 N–H and O–H groups in total. The van der Waals surface area contributed by atoms with Gasteiger partial charge in [-0.2, -0.15) is 0 Å². The van der Waals surface area contributed by atoms with Crippen LogP contribution in [0.5, 0.6) is 0 Å². The molecule has 1 heterocycles. The molecule has 1 unspecified atom stereocenters. The summed E-state index contributed by atoms with van der Waals surface area (Å²) in [7, 11) is 0. The quantitative estimate of drug-likeness (QED) is 0.899. The molecule has 3 rings (SSSR count). The van der Waals surface area contributed by atoms with E-state index < -0.39 is 0 Å². The second-order valence-corrected chi connectivity index (χ2v) is 5.07. The van der Waals surface area contributed by atoms with Crippen LogP contribution >= 0.6 is 0 Å². The zero-order valence-electron chi connectivity index (χ0n) is 10.8. The molecule has 3 nitrogen and oxygen atoms in total. The smallest absolute Gasteiger partial charge is 0.211 e. The number of benzene rings is 1. The van der Waals surface area contributed by atoms with Crippen LogP contribution in [0.15, 0.2) is 34.9 Å². The fraction of sp³-hybridized carbons (Fsp3) is 0.400. The number of hydrogen-bond donors (Lipinski definition) is 1. The summed E-state index contributed by atoms with van der Waals surface area (Å²) in [6.45, 7) is 4.03. The van der Waals surface area contributed by atoms with Gasteiger partial charge in [0.2, 0.25) is 5.89 Å². The molecule has 1 aromatic heterocycles. The van der Waals surface area contributed by atoms with Gasteiger partial charge in [-0.05, 0) is 37.8 Å². The highest BCUT2D eigenvalue weighted by molar-refractivity contribution is 5.33. The first-order chi connectivity index (χ1) is 8.72. The molecular formula is C15H18N2O. The third kappa shape index (κ3) is 2.18. The van der Waals surface area contributed by atoms with Crippen molar-refractivity contribution in [1.82, 2.24) is 10.3 Å². The van der Waals surface area contributed by atoms with Gasteiger partial charge < -0.3 is 9.73 Å². The predicted molar refractivity (Wildman–Crippen MR) is 70.4 cm³/mol. The van der Waals surface area contributed by atoms with Crippen LogP contribution < -0.4 is 5.32 Å². The van der Waals surface area contributed by atoms with Gasteiger partial charge in [-0.1, -0.05) is 24.3 Å². The van der Waals surface area contributed by atoms with Crippen LogP contribution in [-0.2, 0) is 12.8 Å². The van der Waals surface area contributed by atoms with E-state index >= 15 is 0 Å². The fourth-order valence-electron chi connectivity index (χ4n) is 2.67. The Hall–Kier alpha value is -1.61. The van der Waals surface area contributed by atoms with E-state index in [9.17, 15) is 0 Å². The molecule has 3 heteroatoms. The lowest BCUT2D eigenvalue weighted by Crippen LogP contribution is -2.32. The SMILES string of the molecule is Cc1cnc(C(C)NC2Cc3ccccc3C2)o1. The van der Waals surface area contributed by atoms with Crippen molar-refractivity contribution in [1.29, 1.82) is 0 Å². The molecule has 0 spiro atoms. The first-order valence-electron chi connectivity index (χ1n) is 6.47. The van der Waals surface area contributed by atoms with Gasteiger partial charge in [-0.15, -0.1) is 0 Å². The number of hydrogen-bond acceptors (Lipinski definition) is 3. The summed E-state index contributed by atoms with van der Waals surface area (Å²) in [5.74, 6) is 1.65. The number of aryl methyl sites for hydroxylation is 1. The van der Waals surface area contributed by atoms with Gasteiger partial charge in [0.1, 0.15) is 5.76 Å². The minimum absolute atomic E-state index is 0.165. The van der Waals surface area contributed by atoms with Crippen molar-refractivity contribution in [2.75, 3.05) is 0 Å². The normalized spacial score (nSPS) is 16.8. The third-order valence-corrected chi connectivity index (χ3v) is 3.55. The van der Waals surface area contributed by atoms with Crippen molar-refractivity contribution in [2.24, 2.45) is 0 Å². The van der Waals surface area contributed by atoms with E-state index in [1.807, 2.05) is 6.92 Å². The third-order valence-electron chi connectivity index (χ3n) is 3.55. The van der Waals surface area contributed by atoms with Crippen molar-refractivity contribution >= 4 is 0 Å². The molecule has 0 radical (unpaired) electrons. The van der Waals surface area contributed by atoms with E-state index in [1.54, 1.807) is 6.20 Å². The second-order valence-electron chi connectivity index (χ2n) is 5.07. The molecule has 94 valence electrons. The Kier molecular flexibility index (Phi) is 2.92. The van der Waals surface area contributed by atoms with E-state index in [0.29, 0.717) is 6.04 Å². The number of oxazole rings is 1. The van der Waals surface area contributed by atoms with Crippen molar-refractivity contribution < 1.29 is 4.42 Å². The molecule has 1 aliphatic carbocycles. The predicted octanol–water partition coefficient (Wildman–Crippen LogP) is 2.80. The van der Waals surface area contributed by atoms with Gasteiger partial charge in [0.15, 0.2) is 0 Å². The molecule has 0 saturated carbocycles. The van der Waals surface area contributed by atoms with Crippen LogP contribution in [0.4, 0.5) is 0 Å². The summed E-state index contributed by atoms with van der Waals surface area (Å²) in [5, 5.41) is 3.60. The van der Waals surface area contributed by atoms with E-state index in [4.69, 9.17) is 4.42 Å². The monoisotopic (exact) mass is 242 g/mol. The maximum atomic E-state index is 5.56. The summed E-state index contributed by atoms with van der Waals surface area (Å²) in [5.41, 5.74) is 2.93. The molecule has 0 bridgehead atoms. The van der Waals surface area contributed by atoms with Crippen LogP contribution in [0.1, 0.15) is 35.7 Å². The summed E-state index contributed by atoms with van der Waals surface area (Å²) < 4.78 is 5.56. The van der Waals surface area contributed by atoms with Crippen LogP contribution in [0.2, 0.25) is 0 Å². The molecule has 1 aromatic carbocycles. The Morgan fingerprint density at radius 1 is 1.28 bits per heavy atom. The lowest BCUT2D eigenvalue weighted by Gasteiger charge is -2.16. The van der Waals surface area contributed by atoms with Crippen molar-refractivity contribution in [3.05, 3.63) is 53.2 Å². The van der Waals surface area contributed by atoms with E-state index in [-0.39, 0.29) is 6.04 Å². The summed E-state index contributed by atoms with van der Waals surface area (Å²) in [4.78, 5) is 4.28. The van der Waals surface area contributed by atoms with E-state index in [1.165, 1.54) is 11.1 Å². The Labute approximate surface area is 107 Å². The van der Waals surface area contributed by atoms with Crippen LogP contribution in [0.25, 0.3) is 0 Å². The molecule has 0 saturated heterocycles. The van der Waals surface area contributed by atoms with Crippen LogP contribution in [0, 0.1) is 6.92 Å². The molecule has 0 fully saturated rings. The van der Waals surface area contributed by atoms with Crippen molar-refractivity contribution in [2.45, 2.75) is 38.8 Å². The number of fused-ring (bicyclic) bond motifs is 1. The van der Waals surface area contributed by atoms with E-state index in [2.05, 4.69) is 41.5 Å². The molecule has 1 aliphatic rings. The fourth-order valence-corrected chi connectivity index (χ4v) is 2.67. The first-order valence-corrected chi connectivity index (χ1v) is 6.47. The summed E-state index contributed by atoms with van der Waals surface area (Å²) in [6.07, 6.45) is 3.97. The standard InChI is InChI=1S/C15H18N2O/c1-10-9-16-15(18-10)11(2)17-14-7-12-5-3-4-6-13(12)8-14/h3-6,9,11,14,17H,7-8H2,1-2H3. The minimum atomic E-state index is 0.165. The average Bonchev–Trinajstić information content (AvgIpc) is 2.94. The number of aromatic nitrogens is 1. The van der Waals surface area contributed by atoms with Gasteiger partial charge in [0.05, 0.1) is 12.2 Å². The van der Waals surface area contributed by atoms with Gasteiger partial charge in [0, 0.05) is 6.04 Å². The Morgan fingerprint density at radius 3 is 2.50 bits per heavy atom. The molecular weight excluding hydrogens is 224 g/mol. The van der Waals surface area contributed by atoms with Gasteiger partial charge >= 0.3 is 0 Å². The molecule has 1 atom stereocenters. The van der Waals surface area contributed by atoms with Gasteiger partial charge in [-0.25, -0.2) is 4.98 Å². The molecule has 2 aromatic rings. The summed E-state index contributed by atoms with van der Waals surface area (Å²) >= 11 is 0. The highest BCUT2D eigenvalue weighted by Crippen LogP contribution is 2.23. The Bertz CT molecular complexity index is 522. The second kappa shape index (κ2) is 4.58. The van der Waals surface area contributed by atoms with E-state index in [0.717, 1.165) is 24.5 Å². The molecule has 0 amide bonds. The highest BCUT2D eigenvalue weighted by Gasteiger charge is 2.23. The average molecular weight is 242 g/mol. The number of rotatable bonds is 3. The number of nitrogens with zero attached hydrogens (tertiary/aromatic N) is 1. The van der Waals surface area contributed by atoms with Crippen molar-refractivity contribution in [3.8, 4) is 0 Å². The lowest BCUT2D eigenvalue weighted by molar-refractivity contribution is 0.372. The number of nitrogens with one attached hydrogen (secondary N) is 1. The highest BCUT2D eigenvalue weighted by atomic mass is 16.4. The minimum Gasteiger partial charge on any atom is -0.444 e. The van der Waals surface area contributed by atoms with Gasteiger partial charge in [0.25, 0.3) is 0 Å². The Morgan fingerprint density at radius 2 is 1.94 bits per heavy atom.